The Morgan fingerprint density at radius 2 is 2.25 bits per heavy atom. The first kappa shape index (κ1) is 15.3. The van der Waals surface area contributed by atoms with Crippen molar-refractivity contribution in [3.8, 4) is 0 Å². The molecule has 1 atom stereocenters. The van der Waals surface area contributed by atoms with Crippen LogP contribution in [0.2, 0.25) is 0 Å². The van der Waals surface area contributed by atoms with Crippen LogP contribution in [-0.4, -0.2) is 24.9 Å². The summed E-state index contributed by atoms with van der Waals surface area (Å²) in [6.45, 7) is 4.26. The van der Waals surface area contributed by atoms with Gasteiger partial charge < -0.3 is 5.32 Å². The molecule has 0 aromatic heterocycles. The van der Waals surface area contributed by atoms with Crippen LogP contribution >= 0.6 is 11.8 Å². The van der Waals surface area contributed by atoms with E-state index < -0.39 is 10.0 Å². The van der Waals surface area contributed by atoms with E-state index in [1.807, 2.05) is 0 Å². The van der Waals surface area contributed by atoms with Gasteiger partial charge in [0.2, 0.25) is 10.0 Å². The smallest absolute Gasteiger partial charge is 0.238 e. The van der Waals surface area contributed by atoms with E-state index in [1.54, 1.807) is 23.9 Å². The Labute approximate surface area is 124 Å². The molecule has 2 rings (SSSR count). The number of anilines is 1. The molecule has 0 spiro atoms. The maximum Gasteiger partial charge on any atom is 0.238 e. The van der Waals surface area contributed by atoms with Gasteiger partial charge in [0, 0.05) is 11.4 Å². The quantitative estimate of drug-likeness (QED) is 0.897. The summed E-state index contributed by atoms with van der Waals surface area (Å²) in [5.41, 5.74) is 0.647. The summed E-state index contributed by atoms with van der Waals surface area (Å²) in [7, 11) is -3.68. The van der Waals surface area contributed by atoms with Crippen LogP contribution in [0.4, 0.5) is 5.69 Å². The molecule has 1 aliphatic heterocycles. The highest BCUT2D eigenvalue weighted by molar-refractivity contribution is 8.14. The SMILES string of the molecule is CCC1(C)CCSC(Nc2cccc(S(N)(=O)=O)c2)=N1. The molecule has 5 nitrogen and oxygen atoms in total. The normalized spacial score (nSPS) is 23.2. The number of aliphatic imine (C=N–C) groups is 1. The number of hydrogen-bond donors (Lipinski definition) is 2. The molecular formula is C13H19N3O2S2. The van der Waals surface area contributed by atoms with E-state index in [-0.39, 0.29) is 10.4 Å². The summed E-state index contributed by atoms with van der Waals surface area (Å²) in [6, 6.07) is 6.47. The first-order valence-corrected chi connectivity index (χ1v) is 8.98. The van der Waals surface area contributed by atoms with E-state index in [1.165, 1.54) is 12.1 Å². The molecule has 0 amide bonds. The van der Waals surface area contributed by atoms with Gasteiger partial charge in [-0.2, -0.15) is 0 Å². The van der Waals surface area contributed by atoms with E-state index >= 15 is 0 Å². The fraction of sp³-hybridized carbons (Fsp3) is 0.462. The Morgan fingerprint density at radius 1 is 1.50 bits per heavy atom. The van der Waals surface area contributed by atoms with Crippen LogP contribution in [0.1, 0.15) is 26.7 Å². The van der Waals surface area contributed by atoms with Crippen LogP contribution in [0.5, 0.6) is 0 Å². The molecule has 0 fully saturated rings. The van der Waals surface area contributed by atoms with Crippen molar-refractivity contribution in [3.63, 3.8) is 0 Å². The summed E-state index contributed by atoms with van der Waals surface area (Å²) in [6.07, 6.45) is 2.03. The third kappa shape index (κ3) is 3.74. The molecule has 0 saturated carbocycles. The average Bonchev–Trinajstić information content (AvgIpc) is 2.38. The van der Waals surface area contributed by atoms with Gasteiger partial charge in [-0.1, -0.05) is 24.8 Å². The average molecular weight is 313 g/mol. The first-order chi connectivity index (χ1) is 9.32. The molecule has 0 radical (unpaired) electrons. The van der Waals surface area contributed by atoms with Crippen LogP contribution in [0.15, 0.2) is 34.2 Å². The first-order valence-electron chi connectivity index (χ1n) is 6.45. The zero-order valence-electron chi connectivity index (χ0n) is 11.6. The highest BCUT2D eigenvalue weighted by Gasteiger charge is 2.26. The molecule has 1 aromatic rings. The van der Waals surface area contributed by atoms with E-state index in [2.05, 4.69) is 19.2 Å². The number of nitrogens with zero attached hydrogens (tertiary/aromatic N) is 1. The van der Waals surface area contributed by atoms with Gasteiger partial charge in [0.15, 0.2) is 5.17 Å². The second kappa shape index (κ2) is 5.75. The van der Waals surface area contributed by atoms with Crippen molar-refractivity contribution in [1.82, 2.24) is 0 Å². The monoisotopic (exact) mass is 313 g/mol. The summed E-state index contributed by atoms with van der Waals surface area (Å²) in [5, 5.41) is 9.13. The van der Waals surface area contributed by atoms with Gasteiger partial charge in [-0.25, -0.2) is 13.6 Å². The van der Waals surface area contributed by atoms with Gasteiger partial charge in [-0.3, -0.25) is 4.99 Å². The van der Waals surface area contributed by atoms with Gasteiger partial charge in [0.25, 0.3) is 0 Å². The van der Waals surface area contributed by atoms with Gasteiger partial charge in [-0.15, -0.1) is 0 Å². The maximum absolute atomic E-state index is 11.3. The highest BCUT2D eigenvalue weighted by atomic mass is 32.2. The third-order valence-electron chi connectivity index (χ3n) is 3.43. The van der Waals surface area contributed by atoms with Gasteiger partial charge >= 0.3 is 0 Å². The second-order valence-electron chi connectivity index (χ2n) is 5.06. The van der Waals surface area contributed by atoms with Crippen molar-refractivity contribution in [2.24, 2.45) is 10.1 Å². The Morgan fingerprint density at radius 3 is 2.90 bits per heavy atom. The number of rotatable bonds is 3. The van der Waals surface area contributed by atoms with Crippen molar-refractivity contribution >= 4 is 32.6 Å². The lowest BCUT2D eigenvalue weighted by Gasteiger charge is -2.29. The Bertz CT molecular complexity index is 628. The Balaban J connectivity index is 2.23. The van der Waals surface area contributed by atoms with E-state index in [0.29, 0.717) is 5.69 Å². The molecule has 7 heteroatoms. The molecule has 1 aromatic carbocycles. The van der Waals surface area contributed by atoms with Crippen molar-refractivity contribution < 1.29 is 8.42 Å². The zero-order chi connectivity index (χ0) is 14.8. The van der Waals surface area contributed by atoms with Gasteiger partial charge in [0.1, 0.15) is 0 Å². The van der Waals surface area contributed by atoms with Gasteiger partial charge in [0.05, 0.1) is 10.4 Å². The van der Waals surface area contributed by atoms with E-state index in [0.717, 1.165) is 23.8 Å². The summed E-state index contributed by atoms with van der Waals surface area (Å²) < 4.78 is 22.7. The predicted molar refractivity (Wildman–Crippen MR) is 84.6 cm³/mol. The van der Waals surface area contributed by atoms with Crippen molar-refractivity contribution in [1.29, 1.82) is 0 Å². The molecule has 20 heavy (non-hydrogen) atoms. The number of primary sulfonamides is 1. The molecule has 110 valence electrons. The largest absolute Gasteiger partial charge is 0.335 e. The van der Waals surface area contributed by atoms with Crippen LogP contribution < -0.4 is 10.5 Å². The van der Waals surface area contributed by atoms with Crippen LogP contribution in [0, 0.1) is 0 Å². The molecule has 1 heterocycles. The minimum atomic E-state index is -3.68. The molecular weight excluding hydrogens is 294 g/mol. The summed E-state index contributed by atoms with van der Waals surface area (Å²) in [5.74, 6) is 1.01. The topological polar surface area (TPSA) is 84.5 Å². The fourth-order valence-electron chi connectivity index (χ4n) is 1.90. The van der Waals surface area contributed by atoms with Crippen LogP contribution in [-0.2, 0) is 10.0 Å². The second-order valence-corrected chi connectivity index (χ2v) is 7.71. The van der Waals surface area contributed by atoms with Crippen LogP contribution in [0.25, 0.3) is 0 Å². The lowest BCUT2D eigenvalue weighted by atomic mass is 9.97. The van der Waals surface area contributed by atoms with Crippen molar-refractivity contribution in [2.75, 3.05) is 11.1 Å². The number of hydrogen-bond acceptors (Lipinski definition) is 5. The van der Waals surface area contributed by atoms with Crippen LogP contribution in [0.3, 0.4) is 0 Å². The number of nitrogens with one attached hydrogen (secondary N) is 1. The Hall–Kier alpha value is -1.05. The highest BCUT2D eigenvalue weighted by Crippen LogP contribution is 2.30. The minimum Gasteiger partial charge on any atom is -0.335 e. The van der Waals surface area contributed by atoms with Crippen molar-refractivity contribution in [3.05, 3.63) is 24.3 Å². The van der Waals surface area contributed by atoms with Crippen molar-refractivity contribution in [2.45, 2.75) is 37.1 Å². The number of amidine groups is 1. The lowest BCUT2D eigenvalue weighted by Crippen LogP contribution is -2.29. The number of sulfonamides is 1. The molecule has 3 N–H and O–H groups in total. The van der Waals surface area contributed by atoms with E-state index in [9.17, 15) is 8.42 Å². The summed E-state index contributed by atoms with van der Waals surface area (Å²) in [4.78, 5) is 4.81. The molecule has 0 saturated heterocycles. The van der Waals surface area contributed by atoms with Gasteiger partial charge in [-0.05, 0) is 38.0 Å². The summed E-state index contributed by atoms with van der Waals surface area (Å²) >= 11 is 1.65. The Kier molecular flexibility index (Phi) is 4.41. The lowest BCUT2D eigenvalue weighted by molar-refractivity contribution is 0.443. The molecule has 0 bridgehead atoms. The molecule has 1 unspecified atom stereocenters. The predicted octanol–water partition coefficient (Wildman–Crippen LogP) is 2.41. The number of nitrogens with two attached hydrogens (primary N) is 1. The van der Waals surface area contributed by atoms with E-state index in [4.69, 9.17) is 10.1 Å². The zero-order valence-corrected chi connectivity index (χ0v) is 13.2. The maximum atomic E-state index is 11.3. The number of thioether (sulfide) groups is 1. The molecule has 1 aliphatic rings. The fourth-order valence-corrected chi connectivity index (χ4v) is 3.66. The standard InChI is InChI=1S/C13H19N3O2S2/c1-3-13(2)7-8-19-12(16-13)15-10-5-4-6-11(9-10)20(14,17)18/h4-6,9H,3,7-8H2,1-2H3,(H,15,16)(H2,14,17,18). The third-order valence-corrected chi connectivity index (χ3v) is 5.21. The number of benzene rings is 1. The minimum absolute atomic E-state index is 0.0366. The molecule has 0 aliphatic carbocycles.